The van der Waals surface area contributed by atoms with Crippen molar-refractivity contribution in [2.45, 2.75) is 46.2 Å². The smallest absolute Gasteiger partial charge is 0.258 e. The Morgan fingerprint density at radius 1 is 1.10 bits per heavy atom. The number of nitrogens with one attached hydrogen (secondary N) is 2. The van der Waals surface area contributed by atoms with Crippen LogP contribution in [0, 0.1) is 5.82 Å². The lowest BCUT2D eigenvalue weighted by Gasteiger charge is -2.21. The van der Waals surface area contributed by atoms with E-state index in [0.29, 0.717) is 24.7 Å². The predicted molar refractivity (Wildman–Crippen MR) is 121 cm³/mol. The fourth-order valence-corrected chi connectivity index (χ4v) is 3.26. The zero-order valence-electron chi connectivity index (χ0n) is 18.0. The summed E-state index contributed by atoms with van der Waals surface area (Å²) >= 11 is 3.58. The van der Waals surface area contributed by atoms with Crippen LogP contribution >= 0.6 is 15.9 Å². The summed E-state index contributed by atoms with van der Waals surface area (Å²) in [5.74, 6) is 0.701. The molecule has 0 saturated heterocycles. The molecule has 0 fully saturated rings. The van der Waals surface area contributed by atoms with Crippen molar-refractivity contribution in [3.63, 3.8) is 0 Å². The average molecular weight is 481 g/mol. The number of benzene rings is 2. The molecule has 0 aliphatic heterocycles. The number of halogens is 2. The lowest BCUT2D eigenvalue weighted by Crippen LogP contribution is -2.43. The van der Waals surface area contributed by atoms with Gasteiger partial charge in [-0.25, -0.2) is 4.39 Å². The first kappa shape index (κ1) is 24.2. The van der Waals surface area contributed by atoms with Crippen LogP contribution in [0.5, 0.6) is 11.5 Å². The molecule has 1 amide bonds. The fourth-order valence-electron chi connectivity index (χ4n) is 2.80. The molecule has 0 radical (unpaired) electrons. The van der Waals surface area contributed by atoms with Gasteiger partial charge in [-0.15, -0.1) is 0 Å². The van der Waals surface area contributed by atoms with E-state index in [1.807, 2.05) is 39.8 Å². The maximum absolute atomic E-state index is 13.0. The summed E-state index contributed by atoms with van der Waals surface area (Å²) in [4.78, 5) is 12.0. The minimum Gasteiger partial charge on any atom is -0.490 e. The van der Waals surface area contributed by atoms with Gasteiger partial charge in [0.25, 0.3) is 5.91 Å². The second-order valence-electron chi connectivity index (χ2n) is 7.96. The first-order valence-electron chi connectivity index (χ1n) is 10.0. The van der Waals surface area contributed by atoms with Gasteiger partial charge in [0, 0.05) is 16.6 Å². The van der Waals surface area contributed by atoms with E-state index >= 15 is 0 Å². The highest BCUT2D eigenvalue weighted by atomic mass is 79.9. The van der Waals surface area contributed by atoms with Crippen LogP contribution in [0.3, 0.4) is 0 Å². The lowest BCUT2D eigenvalue weighted by atomic mass is 10.1. The summed E-state index contributed by atoms with van der Waals surface area (Å²) in [5, 5.41) is 6.26. The molecular weight excluding hydrogens is 451 g/mol. The van der Waals surface area contributed by atoms with Gasteiger partial charge in [0.15, 0.2) is 18.1 Å². The van der Waals surface area contributed by atoms with Gasteiger partial charge in [0.1, 0.15) is 5.82 Å². The van der Waals surface area contributed by atoms with Crippen molar-refractivity contribution >= 4 is 21.8 Å². The Labute approximate surface area is 186 Å². The molecule has 0 saturated carbocycles. The predicted octanol–water partition coefficient (Wildman–Crippen LogP) is 4.61. The van der Waals surface area contributed by atoms with Crippen molar-refractivity contribution in [3.8, 4) is 11.5 Å². The summed E-state index contributed by atoms with van der Waals surface area (Å²) in [7, 11) is 0. The van der Waals surface area contributed by atoms with Gasteiger partial charge in [-0.2, -0.15) is 0 Å². The van der Waals surface area contributed by atoms with Gasteiger partial charge >= 0.3 is 0 Å². The normalized spacial score (nSPS) is 11.3. The van der Waals surface area contributed by atoms with E-state index in [2.05, 4.69) is 26.6 Å². The second kappa shape index (κ2) is 11.3. The van der Waals surface area contributed by atoms with Crippen molar-refractivity contribution in [2.24, 2.45) is 0 Å². The number of hydrogen-bond acceptors (Lipinski definition) is 4. The maximum Gasteiger partial charge on any atom is 0.258 e. The molecule has 5 nitrogen and oxygen atoms in total. The Balaban J connectivity index is 1.95. The number of carbonyl (C=O) groups excluding carboxylic acids is 1. The summed E-state index contributed by atoms with van der Waals surface area (Å²) in [5.41, 5.74) is 1.78. The number of rotatable bonds is 10. The Hall–Kier alpha value is -2.12. The van der Waals surface area contributed by atoms with E-state index in [0.717, 1.165) is 28.6 Å². The van der Waals surface area contributed by atoms with Gasteiger partial charge in [-0.05, 0) is 76.1 Å². The van der Waals surface area contributed by atoms with Crippen LogP contribution in [0.4, 0.5) is 4.39 Å². The van der Waals surface area contributed by atoms with E-state index in [-0.39, 0.29) is 23.9 Å². The Kier molecular flexibility index (Phi) is 9.11. The Morgan fingerprint density at radius 3 is 2.40 bits per heavy atom. The molecule has 2 rings (SSSR count). The van der Waals surface area contributed by atoms with Crippen LogP contribution in [-0.2, 0) is 17.8 Å². The first-order valence-corrected chi connectivity index (χ1v) is 10.8. The monoisotopic (exact) mass is 480 g/mol. The van der Waals surface area contributed by atoms with Crippen LogP contribution in [0.2, 0.25) is 0 Å². The molecule has 0 aliphatic rings. The highest BCUT2D eigenvalue weighted by Crippen LogP contribution is 2.34. The van der Waals surface area contributed by atoms with E-state index in [1.54, 1.807) is 12.1 Å². The van der Waals surface area contributed by atoms with E-state index in [4.69, 9.17) is 9.47 Å². The quantitative estimate of drug-likeness (QED) is 0.487. The molecule has 2 aromatic rings. The van der Waals surface area contributed by atoms with Crippen molar-refractivity contribution < 1.29 is 18.7 Å². The van der Waals surface area contributed by atoms with E-state index in [1.165, 1.54) is 12.1 Å². The van der Waals surface area contributed by atoms with Gasteiger partial charge in [-0.3, -0.25) is 4.79 Å². The first-order chi connectivity index (χ1) is 14.2. The lowest BCUT2D eigenvalue weighted by molar-refractivity contribution is -0.124. The molecule has 7 heteroatoms. The molecule has 2 N–H and O–H groups in total. The summed E-state index contributed by atoms with van der Waals surface area (Å²) in [6.07, 6.45) is 0.806. The fraction of sp³-hybridized carbons (Fsp3) is 0.435. The molecule has 0 spiro atoms. The molecule has 0 atom stereocenters. The molecule has 2 aromatic carbocycles. The molecule has 0 aliphatic carbocycles. The minimum atomic E-state index is -0.312. The molecule has 164 valence electrons. The number of carbonyl (C=O) groups is 1. The van der Waals surface area contributed by atoms with Gasteiger partial charge < -0.3 is 20.1 Å². The minimum absolute atomic E-state index is 0.0843. The second-order valence-corrected chi connectivity index (χ2v) is 8.82. The van der Waals surface area contributed by atoms with Crippen LogP contribution in [0.1, 0.15) is 38.8 Å². The summed E-state index contributed by atoms with van der Waals surface area (Å²) in [6.45, 7) is 9.46. The highest BCUT2D eigenvalue weighted by Gasteiger charge is 2.16. The summed E-state index contributed by atoms with van der Waals surface area (Å²) in [6, 6.07) is 10.3. The number of hydrogen-bond donors (Lipinski definition) is 2. The zero-order valence-corrected chi connectivity index (χ0v) is 19.6. The zero-order chi connectivity index (χ0) is 22.1. The number of ether oxygens (including phenoxy) is 2. The standard InChI is InChI=1S/C23H30BrFN2O3/c1-5-29-20-12-17(14-26-11-10-16-6-8-18(25)9-7-16)19(24)13-21(20)30-15-22(28)27-23(2,3)4/h6-9,12-13,26H,5,10-11,14-15H2,1-4H3,(H,27,28). The van der Waals surface area contributed by atoms with Gasteiger partial charge in [0.05, 0.1) is 6.61 Å². The average Bonchev–Trinajstić information content (AvgIpc) is 2.66. The van der Waals surface area contributed by atoms with Crippen LogP contribution < -0.4 is 20.1 Å². The molecule has 0 bridgehead atoms. The number of amides is 1. The van der Waals surface area contributed by atoms with Crippen LogP contribution in [-0.4, -0.2) is 31.2 Å². The van der Waals surface area contributed by atoms with Crippen molar-refractivity contribution in [1.29, 1.82) is 0 Å². The van der Waals surface area contributed by atoms with E-state index in [9.17, 15) is 9.18 Å². The molecule has 30 heavy (non-hydrogen) atoms. The van der Waals surface area contributed by atoms with Crippen LogP contribution in [0.15, 0.2) is 40.9 Å². The van der Waals surface area contributed by atoms with Crippen LogP contribution in [0.25, 0.3) is 0 Å². The van der Waals surface area contributed by atoms with Crippen molar-refractivity contribution in [3.05, 3.63) is 57.8 Å². The third-order valence-corrected chi connectivity index (χ3v) is 4.84. The van der Waals surface area contributed by atoms with Gasteiger partial charge in [-0.1, -0.05) is 28.1 Å². The Bertz CT molecular complexity index is 836. The Morgan fingerprint density at radius 2 is 1.77 bits per heavy atom. The topological polar surface area (TPSA) is 59.6 Å². The molecule has 0 unspecified atom stereocenters. The van der Waals surface area contributed by atoms with E-state index < -0.39 is 0 Å². The molecule has 0 heterocycles. The highest BCUT2D eigenvalue weighted by molar-refractivity contribution is 9.10. The maximum atomic E-state index is 13.0. The van der Waals surface area contributed by atoms with Crippen molar-refractivity contribution in [2.75, 3.05) is 19.8 Å². The third-order valence-electron chi connectivity index (χ3n) is 4.10. The molecule has 0 aromatic heterocycles. The van der Waals surface area contributed by atoms with Gasteiger partial charge in [0.2, 0.25) is 0 Å². The largest absolute Gasteiger partial charge is 0.490 e. The third kappa shape index (κ3) is 8.32. The summed E-state index contributed by atoms with van der Waals surface area (Å²) < 4.78 is 25.3. The SMILES string of the molecule is CCOc1cc(CNCCc2ccc(F)cc2)c(Br)cc1OCC(=O)NC(C)(C)C. The van der Waals surface area contributed by atoms with Crippen molar-refractivity contribution in [1.82, 2.24) is 10.6 Å². The molecular formula is C23H30BrFN2O3.